The van der Waals surface area contributed by atoms with Crippen LogP contribution < -0.4 is 19.9 Å². The number of thioether (sulfide) groups is 1. The number of halogens is 1. The van der Waals surface area contributed by atoms with Gasteiger partial charge in [-0.25, -0.2) is 0 Å². The third-order valence-corrected chi connectivity index (χ3v) is 5.18. The number of hydrogen-bond acceptors (Lipinski definition) is 6. The van der Waals surface area contributed by atoms with E-state index in [2.05, 4.69) is 4.99 Å². The van der Waals surface area contributed by atoms with E-state index in [9.17, 15) is 4.79 Å². The highest BCUT2D eigenvalue weighted by molar-refractivity contribution is 8.18. The standard InChI is InChI=1S/C21H21ClN2O4S/c1-3-26-18-11-14(12-19-20(25)24-21(23)29-19)4-7-17(18)28-9-8-27-15-5-6-16(22)13(2)10-15/h4-7,10-12H,3,8-9H2,1-2H3,(H2,23,24,25). The fraction of sp³-hybridized carbons (Fsp3) is 0.238. The second kappa shape index (κ2) is 9.71. The van der Waals surface area contributed by atoms with Crippen LogP contribution in [-0.2, 0) is 4.79 Å². The molecule has 3 rings (SSSR count). The lowest BCUT2D eigenvalue weighted by molar-refractivity contribution is -0.113. The quantitative estimate of drug-likeness (QED) is 0.490. The molecule has 1 aliphatic heterocycles. The van der Waals surface area contributed by atoms with Crippen LogP contribution in [0, 0.1) is 6.92 Å². The average molecular weight is 433 g/mol. The molecule has 2 aromatic rings. The zero-order chi connectivity index (χ0) is 20.8. The minimum absolute atomic E-state index is 0.252. The molecule has 2 aromatic carbocycles. The Kier molecular flexibility index (Phi) is 7.06. The smallest absolute Gasteiger partial charge is 0.286 e. The van der Waals surface area contributed by atoms with Gasteiger partial charge in [0.15, 0.2) is 16.7 Å². The molecule has 1 amide bonds. The molecule has 0 saturated heterocycles. The molecular weight excluding hydrogens is 412 g/mol. The first-order chi connectivity index (χ1) is 14.0. The number of nitrogens with zero attached hydrogens (tertiary/aromatic N) is 1. The van der Waals surface area contributed by atoms with Crippen molar-refractivity contribution in [3.63, 3.8) is 0 Å². The fourth-order valence-corrected chi connectivity index (χ4v) is 3.40. The van der Waals surface area contributed by atoms with Gasteiger partial charge >= 0.3 is 0 Å². The van der Waals surface area contributed by atoms with Gasteiger partial charge in [-0.2, -0.15) is 4.99 Å². The Morgan fingerprint density at radius 1 is 1.10 bits per heavy atom. The van der Waals surface area contributed by atoms with Gasteiger partial charge in [-0.05, 0) is 73.1 Å². The Hall–Kier alpha value is -2.64. The predicted molar refractivity (Wildman–Crippen MR) is 117 cm³/mol. The second-order valence-corrected chi connectivity index (χ2v) is 7.58. The molecular formula is C21H21ClN2O4S. The van der Waals surface area contributed by atoms with Crippen molar-refractivity contribution in [3.8, 4) is 17.2 Å². The summed E-state index contributed by atoms with van der Waals surface area (Å²) in [5.74, 6) is 1.60. The molecule has 8 heteroatoms. The Bertz CT molecular complexity index is 975. The molecule has 152 valence electrons. The SMILES string of the molecule is CCOc1cc(C=C2SC(N)=NC2=O)ccc1OCCOc1ccc(Cl)c(C)c1. The third kappa shape index (κ3) is 5.68. The molecule has 0 spiro atoms. The van der Waals surface area contributed by atoms with E-state index >= 15 is 0 Å². The van der Waals surface area contributed by atoms with E-state index in [1.807, 2.05) is 38.1 Å². The summed E-state index contributed by atoms with van der Waals surface area (Å²) in [4.78, 5) is 15.9. The Balaban J connectivity index is 1.62. The van der Waals surface area contributed by atoms with Crippen molar-refractivity contribution < 1.29 is 19.0 Å². The molecule has 0 aliphatic carbocycles. The van der Waals surface area contributed by atoms with Gasteiger partial charge in [0, 0.05) is 5.02 Å². The first-order valence-electron chi connectivity index (χ1n) is 9.03. The lowest BCUT2D eigenvalue weighted by Crippen LogP contribution is -2.10. The van der Waals surface area contributed by atoms with Crippen LogP contribution in [0.5, 0.6) is 17.2 Å². The number of hydrogen-bond donors (Lipinski definition) is 1. The van der Waals surface area contributed by atoms with Gasteiger partial charge in [0.05, 0.1) is 11.5 Å². The Morgan fingerprint density at radius 3 is 2.59 bits per heavy atom. The molecule has 0 bridgehead atoms. The summed E-state index contributed by atoms with van der Waals surface area (Å²) in [7, 11) is 0. The molecule has 0 atom stereocenters. The predicted octanol–water partition coefficient (Wildman–Crippen LogP) is 4.43. The molecule has 0 radical (unpaired) electrons. The number of aliphatic imine (C=N–C) groups is 1. The number of amidine groups is 1. The second-order valence-electron chi connectivity index (χ2n) is 6.11. The Morgan fingerprint density at radius 2 is 1.90 bits per heavy atom. The highest BCUT2D eigenvalue weighted by Crippen LogP contribution is 2.32. The molecule has 6 nitrogen and oxygen atoms in total. The first-order valence-corrected chi connectivity index (χ1v) is 10.2. The lowest BCUT2D eigenvalue weighted by Gasteiger charge is -2.13. The number of benzene rings is 2. The number of ether oxygens (including phenoxy) is 3. The van der Waals surface area contributed by atoms with Crippen molar-refractivity contribution in [2.45, 2.75) is 13.8 Å². The van der Waals surface area contributed by atoms with Crippen LogP contribution in [0.1, 0.15) is 18.1 Å². The van der Waals surface area contributed by atoms with Gasteiger partial charge in [-0.3, -0.25) is 4.79 Å². The molecule has 29 heavy (non-hydrogen) atoms. The van der Waals surface area contributed by atoms with Crippen molar-refractivity contribution in [3.05, 3.63) is 57.5 Å². The summed E-state index contributed by atoms with van der Waals surface area (Å²) in [6, 6.07) is 11.0. The number of nitrogens with two attached hydrogens (primary N) is 1. The summed E-state index contributed by atoms with van der Waals surface area (Å²) in [6.45, 7) is 5.03. The van der Waals surface area contributed by atoms with Crippen LogP contribution in [0.15, 0.2) is 46.3 Å². The van der Waals surface area contributed by atoms with E-state index in [-0.39, 0.29) is 11.1 Å². The van der Waals surface area contributed by atoms with Crippen LogP contribution in [0.25, 0.3) is 6.08 Å². The van der Waals surface area contributed by atoms with Crippen molar-refractivity contribution in [2.75, 3.05) is 19.8 Å². The van der Waals surface area contributed by atoms with Crippen LogP contribution in [0.3, 0.4) is 0 Å². The van der Waals surface area contributed by atoms with Crippen LogP contribution >= 0.6 is 23.4 Å². The van der Waals surface area contributed by atoms with Gasteiger partial charge < -0.3 is 19.9 Å². The highest BCUT2D eigenvalue weighted by Gasteiger charge is 2.19. The molecule has 0 aromatic heterocycles. The van der Waals surface area contributed by atoms with Crippen LogP contribution in [-0.4, -0.2) is 30.9 Å². The van der Waals surface area contributed by atoms with E-state index in [4.69, 9.17) is 31.5 Å². The van der Waals surface area contributed by atoms with E-state index in [1.165, 1.54) is 0 Å². The van der Waals surface area contributed by atoms with Gasteiger partial charge in [-0.15, -0.1) is 0 Å². The van der Waals surface area contributed by atoms with E-state index < -0.39 is 0 Å². The summed E-state index contributed by atoms with van der Waals surface area (Å²) in [5, 5.41) is 0.957. The van der Waals surface area contributed by atoms with Gasteiger partial charge in [0.1, 0.15) is 19.0 Å². The molecule has 0 unspecified atom stereocenters. The number of rotatable bonds is 8. The van der Waals surface area contributed by atoms with Crippen molar-refractivity contribution in [2.24, 2.45) is 10.7 Å². The third-order valence-electron chi connectivity index (χ3n) is 3.94. The zero-order valence-corrected chi connectivity index (χ0v) is 17.7. The average Bonchev–Trinajstić information content (AvgIpc) is 3.00. The maximum Gasteiger partial charge on any atom is 0.286 e. The summed E-state index contributed by atoms with van der Waals surface area (Å²) >= 11 is 7.17. The number of carbonyl (C=O) groups is 1. The van der Waals surface area contributed by atoms with Gasteiger partial charge in [0.25, 0.3) is 5.91 Å². The topological polar surface area (TPSA) is 83.1 Å². The van der Waals surface area contributed by atoms with E-state index in [1.54, 1.807) is 18.2 Å². The molecule has 0 saturated carbocycles. The monoisotopic (exact) mass is 432 g/mol. The summed E-state index contributed by atoms with van der Waals surface area (Å²) in [5.41, 5.74) is 7.34. The zero-order valence-electron chi connectivity index (χ0n) is 16.1. The lowest BCUT2D eigenvalue weighted by atomic mass is 10.2. The minimum atomic E-state index is -0.333. The fourth-order valence-electron chi connectivity index (χ4n) is 2.60. The Labute approximate surface area is 178 Å². The van der Waals surface area contributed by atoms with E-state index in [0.717, 1.165) is 28.6 Å². The van der Waals surface area contributed by atoms with Crippen LogP contribution in [0.4, 0.5) is 0 Å². The molecule has 2 N–H and O–H groups in total. The molecule has 0 fully saturated rings. The largest absolute Gasteiger partial charge is 0.490 e. The van der Waals surface area contributed by atoms with Gasteiger partial charge in [-0.1, -0.05) is 17.7 Å². The first kappa shape index (κ1) is 21.1. The maximum atomic E-state index is 11.8. The summed E-state index contributed by atoms with van der Waals surface area (Å²) in [6.07, 6.45) is 1.73. The van der Waals surface area contributed by atoms with Crippen LogP contribution in [0.2, 0.25) is 5.02 Å². The van der Waals surface area contributed by atoms with Crippen molar-refractivity contribution >= 4 is 40.5 Å². The molecule has 1 heterocycles. The van der Waals surface area contributed by atoms with E-state index in [0.29, 0.717) is 41.2 Å². The van der Waals surface area contributed by atoms with Crippen molar-refractivity contribution in [1.82, 2.24) is 0 Å². The number of amides is 1. The minimum Gasteiger partial charge on any atom is -0.490 e. The molecule has 1 aliphatic rings. The summed E-state index contributed by atoms with van der Waals surface area (Å²) < 4.78 is 17.2. The number of carbonyl (C=O) groups excluding carboxylic acids is 1. The van der Waals surface area contributed by atoms with Gasteiger partial charge in [0.2, 0.25) is 0 Å². The number of aryl methyl sites for hydroxylation is 1. The highest BCUT2D eigenvalue weighted by atomic mass is 35.5. The normalized spacial score (nSPS) is 14.8. The maximum absolute atomic E-state index is 11.8. The van der Waals surface area contributed by atoms with Crippen molar-refractivity contribution in [1.29, 1.82) is 0 Å².